The Bertz CT molecular complexity index is 298. The van der Waals surface area contributed by atoms with Gasteiger partial charge in [-0.3, -0.25) is 9.59 Å². The van der Waals surface area contributed by atoms with E-state index >= 15 is 0 Å². The quantitative estimate of drug-likeness (QED) is 0.469. The Hall–Kier alpha value is -1.60. The Kier molecular flexibility index (Phi) is 2.45. The van der Waals surface area contributed by atoms with Gasteiger partial charge in [0.05, 0.1) is 6.42 Å². The van der Waals surface area contributed by atoms with Crippen LogP contribution >= 0.6 is 0 Å². The summed E-state index contributed by atoms with van der Waals surface area (Å²) in [4.78, 5) is 31.4. The fourth-order valence-corrected chi connectivity index (χ4v) is 0.825. The zero-order valence-electron chi connectivity index (χ0n) is 6.55. The lowest BCUT2D eigenvalue weighted by Crippen LogP contribution is -2.45. The van der Waals surface area contributed by atoms with Crippen LogP contribution in [-0.4, -0.2) is 30.1 Å². The second kappa shape index (κ2) is 3.28. The van der Waals surface area contributed by atoms with Crippen LogP contribution in [0.15, 0.2) is 0 Å². The molecule has 78 valence electrons. The molecule has 1 saturated heterocycles. The average Bonchev–Trinajstić information content (AvgIpc) is 2.28. The van der Waals surface area contributed by atoms with E-state index in [1.54, 1.807) is 0 Å². The molecule has 8 heteroatoms. The monoisotopic (exact) mass is 211 g/mol. The number of ether oxygens (including phenoxy) is 1. The maximum absolute atomic E-state index is 11.7. The van der Waals surface area contributed by atoms with E-state index in [2.05, 4.69) is 4.74 Å². The van der Waals surface area contributed by atoms with E-state index in [-0.39, 0.29) is 0 Å². The van der Waals surface area contributed by atoms with Crippen molar-refractivity contribution >= 4 is 17.8 Å². The number of cyclic esters (lactones) is 2. The van der Waals surface area contributed by atoms with Crippen molar-refractivity contribution < 1.29 is 32.3 Å². The third-order valence-electron chi connectivity index (χ3n) is 1.43. The van der Waals surface area contributed by atoms with E-state index < -0.39 is 36.5 Å². The van der Waals surface area contributed by atoms with Crippen LogP contribution in [0.3, 0.4) is 0 Å². The lowest BCUT2D eigenvalue weighted by atomic mass is 10.2. The normalized spacial score (nSPS) is 22.1. The lowest BCUT2D eigenvalue weighted by Gasteiger charge is -2.09. The van der Waals surface area contributed by atoms with Gasteiger partial charge in [0.2, 0.25) is 0 Å². The predicted octanol–water partition coefficient (Wildman–Crippen LogP) is -0.493. The summed E-state index contributed by atoms with van der Waals surface area (Å²) >= 11 is 0. The van der Waals surface area contributed by atoms with Gasteiger partial charge in [-0.15, -0.1) is 0 Å². The molecule has 1 amide bonds. The van der Waals surface area contributed by atoms with E-state index in [4.69, 9.17) is 0 Å². The summed E-state index contributed by atoms with van der Waals surface area (Å²) in [6.45, 7) is 0. The molecule has 1 aliphatic rings. The molecule has 1 atom stereocenters. The third kappa shape index (κ3) is 2.21. The second-order valence-electron chi connectivity index (χ2n) is 2.52. The fourth-order valence-electron chi connectivity index (χ4n) is 0.825. The van der Waals surface area contributed by atoms with Gasteiger partial charge in [-0.05, 0) is 0 Å². The Morgan fingerprint density at radius 1 is 1.43 bits per heavy atom. The number of alkyl halides is 3. The van der Waals surface area contributed by atoms with Crippen LogP contribution in [0.5, 0.6) is 0 Å². The summed E-state index contributed by atoms with van der Waals surface area (Å²) in [7, 11) is 0. The molecule has 0 aromatic rings. The molecule has 1 N–H and O–H groups in total. The smallest absolute Gasteiger partial charge is 0.392 e. The molecule has 0 bridgehead atoms. The van der Waals surface area contributed by atoms with Gasteiger partial charge in [-0.25, -0.2) is 4.79 Å². The van der Waals surface area contributed by atoms with Gasteiger partial charge in [-0.1, -0.05) is 0 Å². The number of rotatable bonds is 1. The van der Waals surface area contributed by atoms with E-state index in [1.807, 2.05) is 0 Å². The summed E-state index contributed by atoms with van der Waals surface area (Å²) in [6.07, 6.45) is -5.65. The molecule has 14 heavy (non-hydrogen) atoms. The highest BCUT2D eigenvalue weighted by atomic mass is 19.4. The topological polar surface area (TPSA) is 72.5 Å². The first-order valence-electron chi connectivity index (χ1n) is 3.43. The van der Waals surface area contributed by atoms with Crippen molar-refractivity contribution in [2.75, 3.05) is 0 Å². The number of hydrogen-bond donors (Lipinski definition) is 1. The van der Waals surface area contributed by atoms with Crippen LogP contribution in [0.4, 0.5) is 13.2 Å². The second-order valence-corrected chi connectivity index (χ2v) is 2.52. The van der Waals surface area contributed by atoms with Gasteiger partial charge in [0.15, 0.2) is 0 Å². The maximum atomic E-state index is 11.7. The minimum absolute atomic E-state index is 0.569. The first kappa shape index (κ1) is 10.5. The highest BCUT2D eigenvalue weighted by Crippen LogP contribution is 2.16. The number of esters is 2. The Balaban J connectivity index is 2.58. The number of halogens is 3. The van der Waals surface area contributed by atoms with Crippen LogP contribution in [0.2, 0.25) is 0 Å². The molecular formula is C6H4F3NO4. The number of amides is 1. The van der Waals surface area contributed by atoms with Crippen molar-refractivity contribution in [3.8, 4) is 0 Å². The van der Waals surface area contributed by atoms with Gasteiger partial charge in [0.25, 0.3) is 0 Å². The van der Waals surface area contributed by atoms with Crippen molar-refractivity contribution in [2.24, 2.45) is 0 Å². The first-order valence-corrected chi connectivity index (χ1v) is 3.43. The number of carbonyl (C=O) groups is 3. The number of hydrogen-bond acceptors (Lipinski definition) is 4. The third-order valence-corrected chi connectivity index (χ3v) is 1.43. The molecule has 1 rings (SSSR count). The molecule has 0 radical (unpaired) electrons. The Labute approximate surface area is 75.2 Å². The van der Waals surface area contributed by atoms with Crippen molar-refractivity contribution in [3.05, 3.63) is 0 Å². The molecular weight excluding hydrogens is 207 g/mol. The van der Waals surface area contributed by atoms with Crippen molar-refractivity contribution in [1.82, 2.24) is 5.32 Å². The Morgan fingerprint density at radius 3 is 2.36 bits per heavy atom. The van der Waals surface area contributed by atoms with Gasteiger partial charge >= 0.3 is 24.0 Å². The predicted molar refractivity (Wildman–Crippen MR) is 33.7 cm³/mol. The standard InChI is InChI=1S/C6H4F3NO4/c7-6(8,9)5(13)10-2-1-3(11)14-4(2)12/h2H,1H2,(H,10,13). The highest BCUT2D eigenvalue weighted by Gasteiger charge is 2.43. The molecule has 1 aliphatic heterocycles. The van der Waals surface area contributed by atoms with E-state index in [0.717, 1.165) is 0 Å². The van der Waals surface area contributed by atoms with Crippen LogP contribution in [0, 0.1) is 0 Å². The summed E-state index contributed by atoms with van der Waals surface area (Å²) in [5, 5.41) is 1.34. The summed E-state index contributed by atoms with van der Waals surface area (Å²) < 4.78 is 39.0. The number of nitrogens with one attached hydrogen (secondary N) is 1. The molecule has 0 aromatic heterocycles. The van der Waals surface area contributed by atoms with Gasteiger partial charge in [-0.2, -0.15) is 13.2 Å². The SMILES string of the molecule is O=C1CC(NC(=O)C(F)(F)F)C(=O)O1. The van der Waals surface area contributed by atoms with E-state index in [1.165, 1.54) is 5.32 Å². The Morgan fingerprint density at radius 2 is 2.00 bits per heavy atom. The molecule has 1 fully saturated rings. The minimum atomic E-state index is -5.08. The minimum Gasteiger partial charge on any atom is -0.392 e. The molecule has 0 saturated carbocycles. The fraction of sp³-hybridized carbons (Fsp3) is 0.500. The molecule has 0 spiro atoms. The first-order chi connectivity index (χ1) is 6.30. The van der Waals surface area contributed by atoms with Crippen LogP contribution < -0.4 is 5.32 Å². The molecule has 0 aromatic carbocycles. The van der Waals surface area contributed by atoms with Crippen LogP contribution in [0.1, 0.15) is 6.42 Å². The van der Waals surface area contributed by atoms with Gasteiger partial charge < -0.3 is 10.1 Å². The van der Waals surface area contributed by atoms with Gasteiger partial charge in [0, 0.05) is 0 Å². The van der Waals surface area contributed by atoms with Gasteiger partial charge in [0.1, 0.15) is 6.04 Å². The summed E-state index contributed by atoms with van der Waals surface area (Å²) in [5.41, 5.74) is 0. The molecule has 0 aliphatic carbocycles. The maximum Gasteiger partial charge on any atom is 0.471 e. The van der Waals surface area contributed by atoms with Crippen LogP contribution in [0.25, 0.3) is 0 Å². The molecule has 1 heterocycles. The largest absolute Gasteiger partial charge is 0.471 e. The summed E-state index contributed by atoms with van der Waals surface area (Å²) in [6, 6.07) is -1.53. The van der Waals surface area contributed by atoms with Crippen molar-refractivity contribution in [1.29, 1.82) is 0 Å². The average molecular weight is 211 g/mol. The zero-order valence-corrected chi connectivity index (χ0v) is 6.55. The van der Waals surface area contributed by atoms with Crippen LogP contribution in [-0.2, 0) is 19.1 Å². The van der Waals surface area contributed by atoms with E-state index in [9.17, 15) is 27.6 Å². The molecule has 5 nitrogen and oxygen atoms in total. The van der Waals surface area contributed by atoms with Crippen molar-refractivity contribution in [2.45, 2.75) is 18.6 Å². The lowest BCUT2D eigenvalue weighted by molar-refractivity contribution is -0.175. The summed E-state index contributed by atoms with van der Waals surface area (Å²) in [5.74, 6) is -4.40. The number of carbonyl (C=O) groups excluding carboxylic acids is 3. The highest BCUT2D eigenvalue weighted by molar-refractivity contribution is 5.99. The van der Waals surface area contributed by atoms with E-state index in [0.29, 0.717) is 0 Å². The van der Waals surface area contributed by atoms with Crippen molar-refractivity contribution in [3.63, 3.8) is 0 Å². The molecule has 1 unspecified atom stereocenters. The zero-order chi connectivity index (χ0) is 10.9.